The van der Waals surface area contributed by atoms with Crippen molar-refractivity contribution in [1.29, 1.82) is 0 Å². The van der Waals surface area contributed by atoms with E-state index in [0.29, 0.717) is 13.0 Å². The number of unbranched alkanes of at least 4 members (excludes halogenated alkanes) is 1. The summed E-state index contributed by atoms with van der Waals surface area (Å²) in [6.45, 7) is 4.46. The third-order valence-electron chi connectivity index (χ3n) is 3.03. The van der Waals surface area contributed by atoms with E-state index in [1.807, 2.05) is 36.2 Å². The van der Waals surface area contributed by atoms with Gasteiger partial charge in [-0.3, -0.25) is 4.79 Å². The van der Waals surface area contributed by atoms with Crippen LogP contribution in [0.3, 0.4) is 0 Å². The second-order valence-corrected chi connectivity index (χ2v) is 5.16. The lowest BCUT2D eigenvalue weighted by atomic mass is 10.2. The van der Waals surface area contributed by atoms with Crippen LogP contribution < -0.4 is 5.32 Å². The predicted octanol–water partition coefficient (Wildman–Crippen LogP) is 3.08. The second-order valence-electron chi connectivity index (χ2n) is 4.72. The molecule has 0 aromatic heterocycles. The average molecular weight is 283 g/mol. The number of hydrogen-bond donors (Lipinski definition) is 1. The third kappa shape index (κ3) is 6.60. The zero-order valence-corrected chi connectivity index (χ0v) is 12.5. The molecule has 1 rings (SSSR count). The minimum atomic E-state index is 0.206. The summed E-state index contributed by atoms with van der Waals surface area (Å²) < 4.78 is 0. The lowest BCUT2D eigenvalue weighted by Crippen LogP contribution is -2.30. The van der Waals surface area contributed by atoms with Gasteiger partial charge in [0.05, 0.1) is 0 Å². The van der Waals surface area contributed by atoms with E-state index < -0.39 is 0 Å². The van der Waals surface area contributed by atoms with Crippen LogP contribution in [0.2, 0.25) is 5.02 Å². The fourth-order valence-corrected chi connectivity index (χ4v) is 1.87. The van der Waals surface area contributed by atoms with Crippen LogP contribution in [-0.2, 0) is 11.3 Å². The Kier molecular flexibility index (Phi) is 7.53. The minimum absolute atomic E-state index is 0.206. The Labute approximate surface area is 120 Å². The summed E-state index contributed by atoms with van der Waals surface area (Å²) in [7, 11) is 1.87. The van der Waals surface area contributed by atoms with E-state index in [0.717, 1.165) is 31.0 Å². The SMILES string of the molecule is CCCCN(C)C(=O)CCNCc1ccc(Cl)cc1. The van der Waals surface area contributed by atoms with E-state index >= 15 is 0 Å². The van der Waals surface area contributed by atoms with Crippen LogP contribution in [0.4, 0.5) is 0 Å². The lowest BCUT2D eigenvalue weighted by molar-refractivity contribution is -0.129. The summed E-state index contributed by atoms with van der Waals surface area (Å²) in [4.78, 5) is 13.6. The molecular weight excluding hydrogens is 260 g/mol. The van der Waals surface area contributed by atoms with Crippen LogP contribution in [0, 0.1) is 0 Å². The van der Waals surface area contributed by atoms with Gasteiger partial charge in [0.15, 0.2) is 0 Å². The molecule has 19 heavy (non-hydrogen) atoms. The third-order valence-corrected chi connectivity index (χ3v) is 3.28. The number of hydrogen-bond acceptors (Lipinski definition) is 2. The second kappa shape index (κ2) is 8.94. The van der Waals surface area contributed by atoms with E-state index in [9.17, 15) is 4.79 Å². The molecule has 0 atom stereocenters. The summed E-state index contributed by atoms with van der Waals surface area (Å²) in [5.74, 6) is 0.206. The van der Waals surface area contributed by atoms with E-state index in [4.69, 9.17) is 11.6 Å². The van der Waals surface area contributed by atoms with E-state index in [1.54, 1.807) is 0 Å². The fraction of sp³-hybridized carbons (Fsp3) is 0.533. The van der Waals surface area contributed by atoms with Crippen LogP contribution in [0.5, 0.6) is 0 Å². The fourth-order valence-electron chi connectivity index (χ4n) is 1.74. The van der Waals surface area contributed by atoms with E-state index in [-0.39, 0.29) is 5.91 Å². The van der Waals surface area contributed by atoms with Gasteiger partial charge in [-0.2, -0.15) is 0 Å². The Morgan fingerprint density at radius 2 is 2.00 bits per heavy atom. The van der Waals surface area contributed by atoms with Crippen LogP contribution in [0.25, 0.3) is 0 Å². The normalized spacial score (nSPS) is 10.5. The molecule has 0 radical (unpaired) electrons. The molecule has 0 aliphatic heterocycles. The highest BCUT2D eigenvalue weighted by molar-refractivity contribution is 6.30. The molecule has 1 aromatic rings. The monoisotopic (exact) mass is 282 g/mol. The smallest absolute Gasteiger partial charge is 0.223 e. The molecule has 0 fully saturated rings. The molecule has 1 aromatic carbocycles. The highest BCUT2D eigenvalue weighted by Gasteiger charge is 2.06. The Morgan fingerprint density at radius 1 is 1.32 bits per heavy atom. The molecule has 106 valence electrons. The van der Waals surface area contributed by atoms with Gasteiger partial charge >= 0.3 is 0 Å². The molecular formula is C15H23ClN2O. The first-order valence-electron chi connectivity index (χ1n) is 6.82. The highest BCUT2D eigenvalue weighted by atomic mass is 35.5. The van der Waals surface area contributed by atoms with Crippen molar-refractivity contribution in [2.75, 3.05) is 20.1 Å². The summed E-state index contributed by atoms with van der Waals surface area (Å²) in [5, 5.41) is 4.02. The molecule has 0 unspecified atom stereocenters. The molecule has 1 N–H and O–H groups in total. The number of halogens is 1. The van der Waals surface area contributed by atoms with Crippen molar-refractivity contribution in [3.63, 3.8) is 0 Å². The van der Waals surface area contributed by atoms with Crippen molar-refractivity contribution in [2.45, 2.75) is 32.7 Å². The largest absolute Gasteiger partial charge is 0.346 e. The van der Waals surface area contributed by atoms with Gasteiger partial charge in [-0.15, -0.1) is 0 Å². The zero-order valence-electron chi connectivity index (χ0n) is 11.8. The molecule has 0 heterocycles. The molecule has 0 saturated heterocycles. The lowest BCUT2D eigenvalue weighted by Gasteiger charge is -2.16. The van der Waals surface area contributed by atoms with Crippen molar-refractivity contribution < 1.29 is 4.79 Å². The van der Waals surface area contributed by atoms with Gasteiger partial charge in [-0.25, -0.2) is 0 Å². The van der Waals surface area contributed by atoms with Crippen LogP contribution in [-0.4, -0.2) is 30.9 Å². The predicted molar refractivity (Wildman–Crippen MR) is 80.3 cm³/mol. The molecule has 0 aliphatic rings. The minimum Gasteiger partial charge on any atom is -0.346 e. The van der Waals surface area contributed by atoms with Crippen LogP contribution in [0.15, 0.2) is 24.3 Å². The van der Waals surface area contributed by atoms with E-state index in [2.05, 4.69) is 12.2 Å². The Morgan fingerprint density at radius 3 is 2.63 bits per heavy atom. The van der Waals surface area contributed by atoms with Crippen LogP contribution >= 0.6 is 11.6 Å². The Bertz CT molecular complexity index is 378. The van der Waals surface area contributed by atoms with Crippen molar-refractivity contribution in [2.24, 2.45) is 0 Å². The standard InChI is InChI=1S/C15H23ClN2O/c1-3-4-11-18(2)15(19)9-10-17-12-13-5-7-14(16)8-6-13/h5-8,17H,3-4,9-12H2,1-2H3. The van der Waals surface area contributed by atoms with Crippen molar-refractivity contribution >= 4 is 17.5 Å². The molecule has 0 bridgehead atoms. The summed E-state index contributed by atoms with van der Waals surface area (Å²) in [6, 6.07) is 7.74. The van der Waals surface area contributed by atoms with Crippen LogP contribution in [0.1, 0.15) is 31.7 Å². The summed E-state index contributed by atoms with van der Waals surface area (Å²) in [6.07, 6.45) is 2.74. The Balaban J connectivity index is 2.16. The number of carbonyl (C=O) groups is 1. The maximum Gasteiger partial charge on any atom is 0.223 e. The topological polar surface area (TPSA) is 32.3 Å². The summed E-state index contributed by atoms with van der Waals surface area (Å²) in [5.41, 5.74) is 1.18. The van der Waals surface area contributed by atoms with Crippen molar-refractivity contribution in [3.8, 4) is 0 Å². The first kappa shape index (κ1) is 16.0. The number of carbonyl (C=O) groups excluding carboxylic acids is 1. The first-order valence-corrected chi connectivity index (χ1v) is 7.20. The molecule has 0 saturated carbocycles. The van der Waals surface area contributed by atoms with E-state index in [1.165, 1.54) is 5.56 Å². The maximum atomic E-state index is 11.8. The molecule has 3 nitrogen and oxygen atoms in total. The maximum absolute atomic E-state index is 11.8. The highest BCUT2D eigenvalue weighted by Crippen LogP contribution is 2.09. The first-order chi connectivity index (χ1) is 9.13. The molecule has 0 spiro atoms. The van der Waals surface area contributed by atoms with Gasteiger partial charge < -0.3 is 10.2 Å². The number of rotatable bonds is 8. The quantitative estimate of drug-likeness (QED) is 0.743. The van der Waals surface area contributed by atoms with Gasteiger partial charge in [0, 0.05) is 38.1 Å². The molecule has 0 aliphatic carbocycles. The van der Waals surface area contributed by atoms with Gasteiger partial charge in [0.2, 0.25) is 5.91 Å². The number of amides is 1. The summed E-state index contributed by atoms with van der Waals surface area (Å²) >= 11 is 5.82. The molecule has 1 amide bonds. The number of benzene rings is 1. The number of nitrogens with zero attached hydrogens (tertiary/aromatic N) is 1. The van der Waals surface area contributed by atoms with Gasteiger partial charge in [-0.1, -0.05) is 37.1 Å². The average Bonchev–Trinajstić information content (AvgIpc) is 2.42. The molecule has 4 heteroatoms. The van der Waals surface area contributed by atoms with Gasteiger partial charge in [-0.05, 0) is 24.1 Å². The van der Waals surface area contributed by atoms with Gasteiger partial charge in [0.1, 0.15) is 0 Å². The zero-order chi connectivity index (χ0) is 14.1. The Hall–Kier alpha value is -1.06. The number of nitrogens with one attached hydrogen (secondary N) is 1. The van der Waals surface area contributed by atoms with Crippen molar-refractivity contribution in [3.05, 3.63) is 34.9 Å². The van der Waals surface area contributed by atoms with Gasteiger partial charge in [0.25, 0.3) is 0 Å². The van der Waals surface area contributed by atoms with Crippen molar-refractivity contribution in [1.82, 2.24) is 10.2 Å².